The smallest absolute Gasteiger partial charge is 0.143 e. The van der Waals surface area contributed by atoms with Crippen molar-refractivity contribution in [3.05, 3.63) is 58.6 Å². The summed E-state index contributed by atoms with van der Waals surface area (Å²) in [4.78, 5) is 15.9. The molecule has 0 amide bonds. The van der Waals surface area contributed by atoms with Gasteiger partial charge in [-0.05, 0) is 29.7 Å². The third-order valence-corrected chi connectivity index (χ3v) is 2.87. The van der Waals surface area contributed by atoms with Gasteiger partial charge in [-0.3, -0.25) is 9.78 Å². The van der Waals surface area contributed by atoms with Crippen LogP contribution in [0.3, 0.4) is 0 Å². The summed E-state index contributed by atoms with van der Waals surface area (Å²) in [6, 6.07) is 9.61. The first kappa shape index (κ1) is 9.80. The number of carbonyl (C=O) groups excluding carboxylic acids is 1. The van der Waals surface area contributed by atoms with E-state index in [4.69, 9.17) is 0 Å². The second-order valence-corrected chi connectivity index (χ2v) is 3.86. The topological polar surface area (TPSA) is 30.0 Å². The molecule has 0 N–H and O–H groups in total. The summed E-state index contributed by atoms with van der Waals surface area (Å²) >= 11 is 1.60. The van der Waals surface area contributed by atoms with E-state index < -0.39 is 0 Å². The molecule has 2 aromatic heterocycles. The maximum Gasteiger partial charge on any atom is 0.143 e. The lowest BCUT2D eigenvalue weighted by Gasteiger charge is -2.01. The molecule has 2 rings (SSSR count). The van der Waals surface area contributed by atoms with Crippen molar-refractivity contribution < 1.29 is 4.79 Å². The minimum Gasteiger partial charge on any atom is -0.299 e. The van der Waals surface area contributed by atoms with Gasteiger partial charge in [0.15, 0.2) is 0 Å². The fourth-order valence-electron chi connectivity index (χ4n) is 1.32. The minimum atomic E-state index is 0.795. The van der Waals surface area contributed by atoms with Crippen LogP contribution in [0.5, 0.6) is 0 Å². The molecule has 0 radical (unpaired) electrons. The lowest BCUT2D eigenvalue weighted by Crippen LogP contribution is -1.88. The molecule has 0 unspecified atom stereocenters. The summed E-state index contributed by atoms with van der Waals surface area (Å²) in [6.07, 6.45) is 4.07. The van der Waals surface area contributed by atoms with Crippen LogP contribution in [0.1, 0.15) is 10.6 Å². The van der Waals surface area contributed by atoms with Crippen molar-refractivity contribution in [1.82, 2.24) is 4.98 Å². The number of thiophene rings is 1. The zero-order chi connectivity index (χ0) is 10.5. The highest BCUT2D eigenvalue weighted by molar-refractivity contribution is 7.11. The van der Waals surface area contributed by atoms with Crippen LogP contribution in [0.2, 0.25) is 0 Å². The average molecular weight is 215 g/mol. The van der Waals surface area contributed by atoms with Crippen LogP contribution in [0, 0.1) is 0 Å². The van der Waals surface area contributed by atoms with Gasteiger partial charge in [-0.1, -0.05) is 12.1 Å². The monoisotopic (exact) mass is 215 g/mol. The van der Waals surface area contributed by atoms with Crippen molar-refractivity contribution >= 4 is 23.2 Å². The summed E-state index contributed by atoms with van der Waals surface area (Å²) in [7, 11) is 0. The van der Waals surface area contributed by atoms with E-state index in [0.717, 1.165) is 22.4 Å². The third kappa shape index (κ3) is 2.19. The maximum absolute atomic E-state index is 10.6. The van der Waals surface area contributed by atoms with Gasteiger partial charge in [0.1, 0.15) is 6.29 Å². The average Bonchev–Trinajstić information content (AvgIpc) is 2.80. The first-order valence-corrected chi connectivity index (χ1v) is 5.40. The summed E-state index contributed by atoms with van der Waals surface area (Å²) in [5, 5.41) is 1.98. The Balaban J connectivity index is 2.47. The Morgan fingerprint density at radius 2 is 2.20 bits per heavy atom. The number of carbonyl (C=O) groups is 1. The molecule has 2 heterocycles. The lowest BCUT2D eigenvalue weighted by molar-refractivity contribution is -0.104. The van der Waals surface area contributed by atoms with Crippen LogP contribution < -0.4 is 0 Å². The lowest BCUT2D eigenvalue weighted by atomic mass is 10.1. The number of pyridine rings is 1. The molecule has 0 aromatic carbocycles. The Labute approximate surface area is 91.9 Å². The third-order valence-electron chi connectivity index (χ3n) is 1.96. The molecule has 0 spiro atoms. The van der Waals surface area contributed by atoms with Gasteiger partial charge < -0.3 is 0 Å². The van der Waals surface area contributed by atoms with Crippen molar-refractivity contribution in [3.8, 4) is 0 Å². The summed E-state index contributed by atoms with van der Waals surface area (Å²) in [6.45, 7) is 0. The van der Waals surface area contributed by atoms with Gasteiger partial charge in [-0.15, -0.1) is 11.3 Å². The fourth-order valence-corrected chi connectivity index (χ4v) is 2.08. The first-order valence-electron chi connectivity index (χ1n) is 4.52. The standard InChI is InChI=1S/C12H9NOS/c14-8-6-10(12-5-3-9-15-12)11-4-1-2-7-13-11/h1-9H. The minimum absolute atomic E-state index is 0.795. The molecule has 0 saturated heterocycles. The van der Waals surface area contributed by atoms with Crippen LogP contribution in [-0.4, -0.2) is 11.3 Å². The highest BCUT2D eigenvalue weighted by atomic mass is 32.1. The maximum atomic E-state index is 10.6. The van der Waals surface area contributed by atoms with E-state index in [1.165, 1.54) is 0 Å². The molecule has 0 saturated carbocycles. The van der Waals surface area contributed by atoms with Gasteiger partial charge in [0.2, 0.25) is 0 Å². The molecule has 0 bridgehead atoms. The quantitative estimate of drug-likeness (QED) is 0.582. The Morgan fingerprint density at radius 3 is 2.80 bits per heavy atom. The predicted octanol–water partition coefficient (Wildman–Crippen LogP) is 2.77. The van der Waals surface area contributed by atoms with Crippen LogP contribution in [0.4, 0.5) is 0 Å². The van der Waals surface area contributed by atoms with E-state index >= 15 is 0 Å². The van der Waals surface area contributed by atoms with E-state index in [1.54, 1.807) is 23.6 Å². The Bertz CT molecular complexity index is 460. The summed E-state index contributed by atoms with van der Waals surface area (Å²) in [5.41, 5.74) is 1.70. The van der Waals surface area contributed by atoms with Crippen LogP contribution in [0.15, 0.2) is 48.0 Å². The van der Waals surface area contributed by atoms with Crippen molar-refractivity contribution in [2.45, 2.75) is 0 Å². The zero-order valence-electron chi connectivity index (χ0n) is 7.96. The van der Waals surface area contributed by atoms with Crippen molar-refractivity contribution in [2.24, 2.45) is 0 Å². The van der Waals surface area contributed by atoms with E-state index in [2.05, 4.69) is 4.98 Å². The molecular weight excluding hydrogens is 206 g/mol. The van der Waals surface area contributed by atoms with E-state index in [9.17, 15) is 4.79 Å². The molecule has 3 heteroatoms. The molecule has 0 aliphatic heterocycles. The normalized spacial score (nSPS) is 11.3. The van der Waals surface area contributed by atoms with Crippen molar-refractivity contribution in [3.63, 3.8) is 0 Å². The van der Waals surface area contributed by atoms with Crippen LogP contribution in [0.25, 0.3) is 5.57 Å². The van der Waals surface area contributed by atoms with Gasteiger partial charge in [0.25, 0.3) is 0 Å². The van der Waals surface area contributed by atoms with Crippen molar-refractivity contribution in [2.75, 3.05) is 0 Å². The largest absolute Gasteiger partial charge is 0.299 e. The van der Waals surface area contributed by atoms with E-state index in [-0.39, 0.29) is 0 Å². The second kappa shape index (κ2) is 4.66. The zero-order valence-corrected chi connectivity index (χ0v) is 8.78. The molecule has 0 aliphatic carbocycles. The molecule has 74 valence electrons. The molecule has 0 fully saturated rings. The predicted molar refractivity (Wildman–Crippen MR) is 61.7 cm³/mol. The number of hydrogen-bond acceptors (Lipinski definition) is 3. The molecule has 0 aliphatic rings. The molecular formula is C12H9NOS. The molecule has 2 nitrogen and oxygen atoms in total. The van der Waals surface area contributed by atoms with Crippen LogP contribution in [-0.2, 0) is 4.79 Å². The van der Waals surface area contributed by atoms with Crippen LogP contribution >= 0.6 is 11.3 Å². The molecule has 15 heavy (non-hydrogen) atoms. The Hall–Kier alpha value is -1.74. The number of nitrogens with zero attached hydrogens (tertiary/aromatic N) is 1. The van der Waals surface area contributed by atoms with Gasteiger partial charge in [0.05, 0.1) is 5.69 Å². The summed E-state index contributed by atoms with van der Waals surface area (Å²) < 4.78 is 0. The number of aromatic nitrogens is 1. The van der Waals surface area contributed by atoms with E-state index in [1.807, 2.05) is 35.7 Å². The SMILES string of the molecule is O=CC=C(c1ccccn1)c1cccs1. The van der Waals surface area contributed by atoms with Gasteiger partial charge in [0, 0.05) is 16.6 Å². The van der Waals surface area contributed by atoms with E-state index in [0.29, 0.717) is 0 Å². The van der Waals surface area contributed by atoms with Gasteiger partial charge >= 0.3 is 0 Å². The Morgan fingerprint density at radius 1 is 1.27 bits per heavy atom. The highest BCUT2D eigenvalue weighted by Gasteiger charge is 2.05. The van der Waals surface area contributed by atoms with Gasteiger partial charge in [-0.2, -0.15) is 0 Å². The highest BCUT2D eigenvalue weighted by Crippen LogP contribution is 2.24. The number of allylic oxidation sites excluding steroid dienone is 1. The Kier molecular flexibility index (Phi) is 3.05. The number of rotatable bonds is 3. The molecule has 2 aromatic rings. The molecule has 0 atom stereocenters. The number of hydrogen-bond donors (Lipinski definition) is 0. The van der Waals surface area contributed by atoms with Crippen molar-refractivity contribution in [1.29, 1.82) is 0 Å². The number of aldehydes is 1. The first-order chi connectivity index (χ1) is 7.42. The second-order valence-electron chi connectivity index (χ2n) is 2.91. The summed E-state index contributed by atoms with van der Waals surface area (Å²) in [5.74, 6) is 0. The fraction of sp³-hybridized carbons (Fsp3) is 0. The van der Waals surface area contributed by atoms with Gasteiger partial charge in [-0.25, -0.2) is 0 Å².